The quantitative estimate of drug-likeness (QED) is 0.731. The molecule has 0 aromatic rings. The molecule has 1 rings (SSSR count). The van der Waals surface area contributed by atoms with Crippen molar-refractivity contribution in [1.82, 2.24) is 4.90 Å². The van der Waals surface area contributed by atoms with Gasteiger partial charge in [0.25, 0.3) is 0 Å². The maximum absolute atomic E-state index is 11.8. The molecular weight excluding hydrogens is 238 g/mol. The smallest absolute Gasteiger partial charge is 0.308 e. The Morgan fingerprint density at radius 3 is 2.67 bits per heavy atom. The molecule has 0 saturated carbocycles. The first-order valence-electron chi connectivity index (χ1n) is 6.20. The zero-order valence-electron chi connectivity index (χ0n) is 10.6. The van der Waals surface area contributed by atoms with Gasteiger partial charge in [0.15, 0.2) is 0 Å². The summed E-state index contributed by atoms with van der Waals surface area (Å²) in [5, 5.41) is 8.91. The minimum absolute atomic E-state index is 0.0565. The van der Waals surface area contributed by atoms with E-state index in [1.54, 1.807) is 6.92 Å². The fourth-order valence-corrected chi connectivity index (χ4v) is 2.01. The van der Waals surface area contributed by atoms with Crippen molar-refractivity contribution in [3.8, 4) is 0 Å². The number of aliphatic carboxylic acids is 1. The SMILES string of the molecule is CCOC(=O)CCC(=O)N1CCC[C@H](C(=O)O)C1. The molecule has 1 aliphatic heterocycles. The number of ether oxygens (including phenoxy) is 1. The van der Waals surface area contributed by atoms with Gasteiger partial charge in [-0.25, -0.2) is 0 Å². The lowest BCUT2D eigenvalue weighted by Gasteiger charge is -2.30. The molecule has 0 aliphatic carbocycles. The van der Waals surface area contributed by atoms with Crippen molar-refractivity contribution >= 4 is 17.8 Å². The predicted molar refractivity (Wildman–Crippen MR) is 62.8 cm³/mol. The van der Waals surface area contributed by atoms with E-state index in [0.29, 0.717) is 26.0 Å². The van der Waals surface area contributed by atoms with Gasteiger partial charge in [-0.2, -0.15) is 0 Å². The van der Waals surface area contributed by atoms with Crippen LogP contribution in [0.25, 0.3) is 0 Å². The molecule has 18 heavy (non-hydrogen) atoms. The third kappa shape index (κ3) is 4.35. The van der Waals surface area contributed by atoms with Crippen LogP contribution in [0.4, 0.5) is 0 Å². The first-order chi connectivity index (χ1) is 8.54. The molecule has 0 bridgehead atoms. The fraction of sp³-hybridized carbons (Fsp3) is 0.750. The predicted octanol–water partition coefficient (Wildman–Crippen LogP) is 0.653. The average molecular weight is 257 g/mol. The topological polar surface area (TPSA) is 83.9 Å². The Labute approximate surface area is 106 Å². The summed E-state index contributed by atoms with van der Waals surface area (Å²) in [5.74, 6) is -1.91. The summed E-state index contributed by atoms with van der Waals surface area (Å²) in [5.41, 5.74) is 0. The molecule has 0 unspecified atom stereocenters. The van der Waals surface area contributed by atoms with Gasteiger partial charge in [-0.3, -0.25) is 14.4 Å². The normalized spacial score (nSPS) is 19.4. The van der Waals surface area contributed by atoms with Gasteiger partial charge in [0.1, 0.15) is 0 Å². The third-order valence-electron chi connectivity index (χ3n) is 2.97. The van der Waals surface area contributed by atoms with E-state index < -0.39 is 17.9 Å². The molecule has 0 aromatic carbocycles. The highest BCUT2D eigenvalue weighted by Gasteiger charge is 2.28. The number of hydrogen-bond donors (Lipinski definition) is 1. The number of carboxylic acid groups (broad SMARTS) is 1. The summed E-state index contributed by atoms with van der Waals surface area (Å²) in [6.07, 6.45) is 1.45. The zero-order chi connectivity index (χ0) is 13.5. The van der Waals surface area contributed by atoms with Crippen molar-refractivity contribution in [3.63, 3.8) is 0 Å². The summed E-state index contributed by atoms with van der Waals surface area (Å²) >= 11 is 0. The molecule has 1 N–H and O–H groups in total. The zero-order valence-corrected chi connectivity index (χ0v) is 10.6. The van der Waals surface area contributed by atoms with Gasteiger partial charge < -0.3 is 14.7 Å². The van der Waals surface area contributed by atoms with Gasteiger partial charge in [0.2, 0.25) is 5.91 Å². The van der Waals surface area contributed by atoms with E-state index in [1.165, 1.54) is 4.90 Å². The van der Waals surface area contributed by atoms with Gasteiger partial charge in [0, 0.05) is 19.5 Å². The summed E-state index contributed by atoms with van der Waals surface area (Å²) in [6, 6.07) is 0. The number of rotatable bonds is 5. The lowest BCUT2D eigenvalue weighted by Crippen LogP contribution is -2.42. The van der Waals surface area contributed by atoms with Crippen molar-refractivity contribution in [2.24, 2.45) is 5.92 Å². The van der Waals surface area contributed by atoms with Gasteiger partial charge in [-0.05, 0) is 19.8 Å². The van der Waals surface area contributed by atoms with Crippen LogP contribution in [0.15, 0.2) is 0 Å². The number of nitrogens with zero attached hydrogens (tertiary/aromatic N) is 1. The number of esters is 1. The molecular formula is C12H19NO5. The lowest BCUT2D eigenvalue weighted by atomic mass is 9.98. The number of hydrogen-bond acceptors (Lipinski definition) is 4. The van der Waals surface area contributed by atoms with E-state index in [-0.39, 0.29) is 25.3 Å². The van der Waals surface area contributed by atoms with Gasteiger partial charge in [0.05, 0.1) is 18.9 Å². The van der Waals surface area contributed by atoms with Crippen molar-refractivity contribution < 1.29 is 24.2 Å². The minimum atomic E-state index is -0.863. The third-order valence-corrected chi connectivity index (χ3v) is 2.97. The second-order valence-electron chi connectivity index (χ2n) is 4.32. The number of carbonyl (C=O) groups excluding carboxylic acids is 2. The van der Waals surface area contributed by atoms with Crippen LogP contribution in [-0.4, -0.2) is 47.5 Å². The fourth-order valence-electron chi connectivity index (χ4n) is 2.01. The molecule has 6 nitrogen and oxygen atoms in total. The molecule has 0 aromatic heterocycles. The first kappa shape index (κ1) is 14.5. The molecule has 1 heterocycles. The number of piperidine rings is 1. The Hall–Kier alpha value is -1.59. The summed E-state index contributed by atoms with van der Waals surface area (Å²) < 4.78 is 4.74. The Morgan fingerprint density at radius 2 is 2.06 bits per heavy atom. The average Bonchev–Trinajstić information content (AvgIpc) is 2.36. The van der Waals surface area contributed by atoms with E-state index in [2.05, 4.69) is 0 Å². The molecule has 6 heteroatoms. The summed E-state index contributed by atoms with van der Waals surface area (Å²) in [4.78, 5) is 35.3. The van der Waals surface area contributed by atoms with Crippen LogP contribution in [0.3, 0.4) is 0 Å². The Bertz CT molecular complexity index is 328. The van der Waals surface area contributed by atoms with Crippen LogP contribution in [0.5, 0.6) is 0 Å². The lowest BCUT2D eigenvalue weighted by molar-refractivity contribution is -0.148. The van der Waals surface area contributed by atoms with E-state index in [4.69, 9.17) is 9.84 Å². The maximum atomic E-state index is 11.8. The Balaban J connectivity index is 2.37. The number of carboxylic acids is 1. The molecule has 1 amide bonds. The number of amides is 1. The van der Waals surface area contributed by atoms with Crippen LogP contribution < -0.4 is 0 Å². The van der Waals surface area contributed by atoms with E-state index in [0.717, 1.165) is 0 Å². The summed E-state index contributed by atoms with van der Waals surface area (Å²) in [7, 11) is 0. The minimum Gasteiger partial charge on any atom is -0.481 e. The highest BCUT2D eigenvalue weighted by atomic mass is 16.5. The van der Waals surface area contributed by atoms with Crippen LogP contribution in [0.1, 0.15) is 32.6 Å². The van der Waals surface area contributed by atoms with E-state index >= 15 is 0 Å². The van der Waals surface area contributed by atoms with Gasteiger partial charge >= 0.3 is 11.9 Å². The van der Waals surface area contributed by atoms with Crippen LogP contribution in [0.2, 0.25) is 0 Å². The molecule has 0 radical (unpaired) electrons. The van der Waals surface area contributed by atoms with Gasteiger partial charge in [-0.15, -0.1) is 0 Å². The molecule has 1 saturated heterocycles. The Morgan fingerprint density at radius 1 is 1.33 bits per heavy atom. The summed E-state index contributed by atoms with van der Waals surface area (Å²) in [6.45, 7) is 2.84. The van der Waals surface area contributed by atoms with Crippen LogP contribution >= 0.6 is 0 Å². The second-order valence-corrected chi connectivity index (χ2v) is 4.32. The molecule has 1 atom stereocenters. The molecule has 1 aliphatic rings. The molecule has 102 valence electrons. The van der Waals surface area contributed by atoms with Crippen LogP contribution in [-0.2, 0) is 19.1 Å². The highest BCUT2D eigenvalue weighted by molar-refractivity contribution is 5.82. The number of likely N-dealkylation sites (tertiary alicyclic amines) is 1. The number of carbonyl (C=O) groups is 3. The first-order valence-corrected chi connectivity index (χ1v) is 6.20. The van der Waals surface area contributed by atoms with Crippen molar-refractivity contribution in [3.05, 3.63) is 0 Å². The van der Waals surface area contributed by atoms with Crippen molar-refractivity contribution in [2.45, 2.75) is 32.6 Å². The maximum Gasteiger partial charge on any atom is 0.308 e. The Kier molecular flexibility index (Phi) is 5.61. The standard InChI is InChI=1S/C12H19NO5/c1-2-18-11(15)6-5-10(14)13-7-3-4-9(8-13)12(16)17/h9H,2-8H2,1H3,(H,16,17)/t9-/m0/s1. The second kappa shape index (κ2) is 6.98. The van der Waals surface area contributed by atoms with E-state index in [9.17, 15) is 14.4 Å². The van der Waals surface area contributed by atoms with E-state index in [1.807, 2.05) is 0 Å². The van der Waals surface area contributed by atoms with Crippen LogP contribution in [0, 0.1) is 5.92 Å². The monoisotopic (exact) mass is 257 g/mol. The molecule has 1 fully saturated rings. The van der Waals surface area contributed by atoms with Gasteiger partial charge in [-0.1, -0.05) is 0 Å². The molecule has 0 spiro atoms. The van der Waals surface area contributed by atoms with Crippen molar-refractivity contribution in [1.29, 1.82) is 0 Å². The highest BCUT2D eigenvalue weighted by Crippen LogP contribution is 2.17. The van der Waals surface area contributed by atoms with Crippen molar-refractivity contribution in [2.75, 3.05) is 19.7 Å². The largest absolute Gasteiger partial charge is 0.481 e.